The van der Waals surface area contributed by atoms with Crippen molar-refractivity contribution in [1.82, 2.24) is 0 Å². The first-order valence-corrected chi connectivity index (χ1v) is 0.447. The summed E-state index contributed by atoms with van der Waals surface area (Å²) in [4.78, 5) is 0. The van der Waals surface area contributed by atoms with Crippen LogP contribution in [0.1, 0.15) is 0 Å². The Kier molecular flexibility index (Phi) is 149. The van der Waals surface area contributed by atoms with E-state index >= 15 is 0 Å². The van der Waals surface area contributed by atoms with Gasteiger partial charge >= 0.3 is 37.7 Å². The van der Waals surface area contributed by atoms with Crippen LogP contribution in [0.15, 0.2) is 0 Å². The summed E-state index contributed by atoms with van der Waals surface area (Å²) in [6.45, 7) is 0. The first kappa shape index (κ1) is 19.2. The van der Waals surface area contributed by atoms with Gasteiger partial charge in [-0.25, -0.2) is 0 Å². The van der Waals surface area contributed by atoms with E-state index in [1.807, 2.05) is 0 Å². The molecule has 0 atom stereocenters. The van der Waals surface area contributed by atoms with Crippen molar-refractivity contribution in [2.45, 2.75) is 0 Å². The van der Waals surface area contributed by atoms with Gasteiger partial charge in [-0.3, -0.25) is 0 Å². The van der Waals surface area contributed by atoms with Gasteiger partial charge in [0, 0.05) is 7.11 Å². The van der Waals surface area contributed by atoms with Crippen molar-refractivity contribution >= 4 is 37.7 Å². The zero-order chi connectivity index (χ0) is 2.00. The molecule has 18 valence electrons. The molecule has 0 aliphatic rings. The molecule has 1 nitrogen and oxygen atoms in total. The number of rotatable bonds is 0. The van der Waals surface area contributed by atoms with E-state index in [1.54, 1.807) is 0 Å². The van der Waals surface area contributed by atoms with Crippen molar-refractivity contribution in [3.05, 3.63) is 0 Å². The average Bonchev–Trinajstić information content (AvgIpc) is 1.00. The summed E-state index contributed by atoms with van der Waals surface area (Å²) in [6.07, 6.45) is 0. The summed E-state index contributed by atoms with van der Waals surface area (Å²) < 4.78 is 0. The minimum absolute atomic E-state index is 0. The van der Waals surface area contributed by atoms with E-state index in [0.717, 1.165) is 7.11 Å². The molecule has 0 saturated carbocycles. The van der Waals surface area contributed by atoms with Gasteiger partial charge in [-0.05, 0) is 0 Å². The quantitative estimate of drug-likeness (QED) is 0.324. The zero-order valence-corrected chi connectivity index (χ0v) is 1.45. The Bertz CT molecular complexity index is 6.00. The molecule has 0 saturated heterocycles. The molecular formula is CH6Li2O. The van der Waals surface area contributed by atoms with E-state index in [2.05, 4.69) is 0 Å². The Morgan fingerprint density at radius 3 is 1.00 bits per heavy atom. The monoisotopic (exact) mass is 48.1 g/mol. The summed E-state index contributed by atoms with van der Waals surface area (Å²) in [5.41, 5.74) is 0. The van der Waals surface area contributed by atoms with E-state index in [9.17, 15) is 0 Å². The Labute approximate surface area is 50.1 Å². The van der Waals surface area contributed by atoms with Crippen LogP contribution in [0.4, 0.5) is 0 Å². The first-order valence-electron chi connectivity index (χ1n) is 0.447. The topological polar surface area (TPSA) is 20.2 Å². The van der Waals surface area contributed by atoms with E-state index in [-0.39, 0.29) is 37.7 Å². The molecule has 0 fully saturated rings. The van der Waals surface area contributed by atoms with Crippen molar-refractivity contribution in [2.24, 2.45) is 0 Å². The third-order valence-corrected chi connectivity index (χ3v) is 0. The Balaban J connectivity index is -0.00000000500. The van der Waals surface area contributed by atoms with Gasteiger partial charge in [0.1, 0.15) is 0 Å². The van der Waals surface area contributed by atoms with Gasteiger partial charge in [0.2, 0.25) is 0 Å². The molecule has 0 aliphatic heterocycles. The molecule has 0 heterocycles. The normalized spacial score (nSPS) is 1.50. The predicted octanol–water partition coefficient (Wildman–Crippen LogP) is -1.69. The fraction of sp³-hybridized carbons (Fsp3) is 1.00. The number of hydrogen-bond acceptors (Lipinski definition) is 1. The van der Waals surface area contributed by atoms with Crippen LogP contribution in [0.25, 0.3) is 0 Å². The van der Waals surface area contributed by atoms with E-state index in [0.29, 0.717) is 0 Å². The summed E-state index contributed by atoms with van der Waals surface area (Å²) >= 11 is 0. The van der Waals surface area contributed by atoms with Gasteiger partial charge in [-0.15, -0.1) is 0 Å². The fourth-order valence-electron chi connectivity index (χ4n) is 0. The van der Waals surface area contributed by atoms with E-state index in [1.165, 1.54) is 0 Å². The van der Waals surface area contributed by atoms with Crippen LogP contribution < -0.4 is 0 Å². The van der Waals surface area contributed by atoms with Gasteiger partial charge in [0.05, 0.1) is 0 Å². The van der Waals surface area contributed by atoms with Crippen molar-refractivity contribution in [3.63, 3.8) is 0 Å². The van der Waals surface area contributed by atoms with Gasteiger partial charge in [0.25, 0.3) is 0 Å². The van der Waals surface area contributed by atoms with Crippen LogP contribution >= 0.6 is 0 Å². The molecule has 4 heavy (non-hydrogen) atoms. The number of aliphatic hydroxyl groups is 1. The van der Waals surface area contributed by atoms with E-state index in [4.69, 9.17) is 5.11 Å². The second kappa shape index (κ2) is 31.0. The van der Waals surface area contributed by atoms with Crippen molar-refractivity contribution in [1.29, 1.82) is 0 Å². The molecule has 0 amide bonds. The molecular weight excluding hydrogens is 41.9 g/mol. The minimum atomic E-state index is 0. The molecule has 0 bridgehead atoms. The second-order valence-electron chi connectivity index (χ2n) is 0. The summed E-state index contributed by atoms with van der Waals surface area (Å²) in [6, 6.07) is 0. The third-order valence-electron chi connectivity index (χ3n) is 0. The molecule has 0 aromatic heterocycles. The van der Waals surface area contributed by atoms with Gasteiger partial charge in [-0.1, -0.05) is 0 Å². The van der Waals surface area contributed by atoms with Gasteiger partial charge in [0.15, 0.2) is 0 Å². The SMILES string of the molecule is CO.[LiH].[LiH]. The zero-order valence-electron chi connectivity index (χ0n) is 1.45. The van der Waals surface area contributed by atoms with Crippen LogP contribution in [-0.4, -0.2) is 49.9 Å². The van der Waals surface area contributed by atoms with Crippen LogP contribution in [-0.2, 0) is 0 Å². The summed E-state index contributed by atoms with van der Waals surface area (Å²) in [5.74, 6) is 0. The maximum atomic E-state index is 7.00. The Hall–Kier alpha value is 1.15. The number of aliphatic hydroxyl groups excluding tert-OH is 1. The first-order chi connectivity index (χ1) is 1.00. The standard InChI is InChI=1S/CH4O.2Li.2H/c1-2;;;;/h2H,1H3;;;;. The van der Waals surface area contributed by atoms with Crippen molar-refractivity contribution in [2.75, 3.05) is 7.11 Å². The molecule has 3 heteroatoms. The molecule has 0 unspecified atom stereocenters. The maximum absolute atomic E-state index is 7.00. The van der Waals surface area contributed by atoms with Crippen LogP contribution in [0.3, 0.4) is 0 Å². The number of hydrogen-bond donors (Lipinski definition) is 1. The molecule has 0 aliphatic carbocycles. The second-order valence-corrected chi connectivity index (χ2v) is 0. The summed E-state index contributed by atoms with van der Waals surface area (Å²) in [5, 5.41) is 7.00. The van der Waals surface area contributed by atoms with Crippen LogP contribution in [0.5, 0.6) is 0 Å². The molecule has 0 radical (unpaired) electrons. The van der Waals surface area contributed by atoms with Crippen molar-refractivity contribution < 1.29 is 5.11 Å². The molecule has 0 rings (SSSR count). The predicted molar refractivity (Wildman–Crippen MR) is 22.4 cm³/mol. The Morgan fingerprint density at radius 1 is 1.00 bits per heavy atom. The molecule has 0 spiro atoms. The third kappa shape index (κ3) is 11.0. The van der Waals surface area contributed by atoms with Crippen LogP contribution in [0, 0.1) is 0 Å². The summed E-state index contributed by atoms with van der Waals surface area (Å²) in [7, 11) is 1.00. The fourth-order valence-corrected chi connectivity index (χ4v) is 0. The molecule has 0 aromatic rings. The average molecular weight is 47.9 g/mol. The molecule has 0 aromatic carbocycles. The van der Waals surface area contributed by atoms with Crippen LogP contribution in [0.2, 0.25) is 0 Å². The Morgan fingerprint density at radius 2 is 1.00 bits per heavy atom. The van der Waals surface area contributed by atoms with Gasteiger partial charge in [-0.2, -0.15) is 0 Å². The molecule has 1 N–H and O–H groups in total. The van der Waals surface area contributed by atoms with Crippen molar-refractivity contribution in [3.8, 4) is 0 Å². The van der Waals surface area contributed by atoms with Gasteiger partial charge < -0.3 is 5.11 Å². The van der Waals surface area contributed by atoms with E-state index < -0.39 is 0 Å².